The molecule has 0 radical (unpaired) electrons. The van der Waals surface area contributed by atoms with Gasteiger partial charge in [0, 0.05) is 19.1 Å². The number of Topliss-reactive ketones (excluding diaryl/α,β-unsaturated/α-hetero) is 1. The van der Waals surface area contributed by atoms with E-state index in [0.717, 1.165) is 22.3 Å². The maximum atomic E-state index is 14.0. The fourth-order valence-electron chi connectivity index (χ4n) is 5.82. The number of phenols is 1. The lowest BCUT2D eigenvalue weighted by Gasteiger charge is -2.41. The Bertz CT molecular complexity index is 1310. The molecule has 0 spiro atoms. The number of phenolic OH excluding ortho intramolecular Hbond substituents is 1. The number of allylic oxidation sites excluding steroid dienone is 1. The maximum absolute atomic E-state index is 14.0. The molecule has 4 N–H and O–H groups in total. The molecule has 3 aliphatic rings. The Labute approximate surface area is 229 Å². The zero-order valence-electron chi connectivity index (χ0n) is 22.6. The van der Waals surface area contributed by atoms with Crippen molar-refractivity contribution in [3.63, 3.8) is 0 Å². The van der Waals surface area contributed by atoms with E-state index in [9.17, 15) is 19.5 Å². The standard InChI is InChI=1S/C31H37N3O5/c1-20-8-9-23(16-21(20)2)31(10-5-11-31)29(38)39-19-30(12-14-34(15-13-30)26(36)18-32)28(37)27-24(33-27)17-22-6-3-4-7-25(22)35/h3-10,16,24,27,33,35H,11-15,17-19,32H2,1-2H3. The van der Waals surface area contributed by atoms with E-state index in [1.807, 2.05) is 56.3 Å². The third-order valence-corrected chi connectivity index (χ3v) is 8.88. The van der Waals surface area contributed by atoms with Crippen molar-refractivity contribution in [1.82, 2.24) is 10.2 Å². The van der Waals surface area contributed by atoms with Gasteiger partial charge in [0.05, 0.1) is 18.0 Å². The minimum Gasteiger partial charge on any atom is -0.508 e. The van der Waals surface area contributed by atoms with Crippen LogP contribution in [-0.2, 0) is 31.0 Å². The fraction of sp³-hybridized carbons (Fsp3) is 0.452. The predicted octanol–water partition coefficient (Wildman–Crippen LogP) is 2.47. The zero-order chi connectivity index (χ0) is 27.8. The molecule has 2 aromatic rings. The van der Waals surface area contributed by atoms with Crippen molar-refractivity contribution < 1.29 is 24.2 Å². The highest BCUT2D eigenvalue weighted by atomic mass is 16.5. The number of ketones is 1. The lowest BCUT2D eigenvalue weighted by molar-refractivity contribution is -0.158. The number of benzene rings is 2. The quantitative estimate of drug-likeness (QED) is 0.257. The van der Waals surface area contributed by atoms with Crippen molar-refractivity contribution in [2.45, 2.75) is 57.0 Å². The molecule has 0 saturated carbocycles. The zero-order valence-corrected chi connectivity index (χ0v) is 22.6. The van der Waals surface area contributed by atoms with Gasteiger partial charge in [-0.1, -0.05) is 48.6 Å². The first kappa shape index (κ1) is 27.1. The molecular weight excluding hydrogens is 494 g/mol. The van der Waals surface area contributed by atoms with E-state index in [1.165, 1.54) is 0 Å². The molecule has 3 unspecified atom stereocenters. The van der Waals surface area contributed by atoms with Crippen molar-refractivity contribution in [2.24, 2.45) is 11.1 Å². The number of aryl methyl sites for hydroxylation is 2. The molecule has 0 aromatic heterocycles. The monoisotopic (exact) mass is 531 g/mol. The van der Waals surface area contributed by atoms with Gasteiger partial charge in [0.1, 0.15) is 17.8 Å². The molecule has 5 rings (SSSR count). The number of hydrogen-bond acceptors (Lipinski definition) is 7. The number of piperidine rings is 1. The summed E-state index contributed by atoms with van der Waals surface area (Å²) in [5.74, 6) is -0.293. The summed E-state index contributed by atoms with van der Waals surface area (Å²) in [6.45, 7) is 4.73. The highest BCUT2D eigenvalue weighted by Crippen LogP contribution is 2.42. The first-order valence-corrected chi connectivity index (χ1v) is 13.7. The highest BCUT2D eigenvalue weighted by Gasteiger charge is 2.54. The molecule has 206 valence electrons. The van der Waals surface area contributed by atoms with Crippen LogP contribution in [0.2, 0.25) is 0 Å². The summed E-state index contributed by atoms with van der Waals surface area (Å²) in [6.07, 6.45) is 5.74. The van der Waals surface area contributed by atoms with E-state index < -0.39 is 16.9 Å². The van der Waals surface area contributed by atoms with Gasteiger partial charge in [-0.15, -0.1) is 0 Å². The third-order valence-electron chi connectivity index (χ3n) is 8.88. The summed E-state index contributed by atoms with van der Waals surface area (Å²) in [5, 5.41) is 13.4. The number of esters is 1. The van der Waals surface area contributed by atoms with Gasteiger partial charge in [-0.2, -0.15) is 0 Å². The lowest BCUT2D eigenvalue weighted by Crippen LogP contribution is -2.52. The molecule has 2 fully saturated rings. The third kappa shape index (κ3) is 5.11. The molecule has 2 aliphatic heterocycles. The molecule has 2 aromatic carbocycles. The van der Waals surface area contributed by atoms with Crippen LogP contribution in [0.3, 0.4) is 0 Å². The van der Waals surface area contributed by atoms with Crippen molar-refractivity contribution in [1.29, 1.82) is 0 Å². The number of carbonyl (C=O) groups excluding carboxylic acids is 3. The van der Waals surface area contributed by atoms with Crippen LogP contribution in [0.25, 0.3) is 0 Å². The number of aromatic hydroxyl groups is 1. The molecule has 3 atom stereocenters. The van der Waals surface area contributed by atoms with E-state index in [4.69, 9.17) is 10.5 Å². The Morgan fingerprint density at radius 2 is 1.82 bits per heavy atom. The van der Waals surface area contributed by atoms with Crippen LogP contribution in [0.1, 0.15) is 41.5 Å². The number of para-hydroxylation sites is 1. The van der Waals surface area contributed by atoms with Gasteiger partial charge >= 0.3 is 5.97 Å². The molecule has 1 aliphatic carbocycles. The molecule has 2 saturated heterocycles. The fourth-order valence-corrected chi connectivity index (χ4v) is 5.82. The van der Waals surface area contributed by atoms with Gasteiger partial charge in [-0.05, 0) is 67.9 Å². The normalized spacial score (nSPS) is 25.1. The molecule has 2 heterocycles. The van der Waals surface area contributed by atoms with Crippen LogP contribution in [0, 0.1) is 19.3 Å². The number of nitrogens with two attached hydrogens (primary N) is 1. The smallest absolute Gasteiger partial charge is 0.320 e. The second-order valence-corrected chi connectivity index (χ2v) is 11.3. The van der Waals surface area contributed by atoms with Crippen molar-refractivity contribution in [3.05, 3.63) is 76.9 Å². The molecule has 39 heavy (non-hydrogen) atoms. The van der Waals surface area contributed by atoms with Gasteiger partial charge < -0.3 is 25.8 Å². The summed E-state index contributed by atoms with van der Waals surface area (Å²) in [5.41, 5.74) is 7.77. The number of hydrogen-bond donors (Lipinski definition) is 3. The Morgan fingerprint density at radius 3 is 2.44 bits per heavy atom. The van der Waals surface area contributed by atoms with Crippen LogP contribution in [0.4, 0.5) is 0 Å². The number of amides is 1. The van der Waals surface area contributed by atoms with Crippen LogP contribution >= 0.6 is 0 Å². The van der Waals surface area contributed by atoms with E-state index in [0.29, 0.717) is 38.8 Å². The van der Waals surface area contributed by atoms with Crippen LogP contribution in [0.5, 0.6) is 5.75 Å². The van der Waals surface area contributed by atoms with Gasteiger partial charge in [-0.3, -0.25) is 14.4 Å². The van der Waals surface area contributed by atoms with Crippen molar-refractivity contribution in [2.75, 3.05) is 26.2 Å². The van der Waals surface area contributed by atoms with Gasteiger partial charge in [0.15, 0.2) is 5.78 Å². The number of rotatable bonds is 9. The second-order valence-electron chi connectivity index (χ2n) is 11.3. The Hall–Kier alpha value is -3.49. The number of carbonyl (C=O) groups is 3. The molecule has 8 heteroatoms. The Balaban J connectivity index is 1.32. The summed E-state index contributed by atoms with van der Waals surface area (Å²) in [4.78, 5) is 41.4. The average molecular weight is 532 g/mol. The maximum Gasteiger partial charge on any atom is 0.320 e. The van der Waals surface area contributed by atoms with Gasteiger partial charge in [0.2, 0.25) is 5.91 Å². The van der Waals surface area contributed by atoms with Crippen LogP contribution < -0.4 is 11.1 Å². The lowest BCUT2D eigenvalue weighted by atomic mass is 9.70. The van der Waals surface area contributed by atoms with Gasteiger partial charge in [-0.25, -0.2) is 0 Å². The van der Waals surface area contributed by atoms with E-state index >= 15 is 0 Å². The number of nitrogens with one attached hydrogen (secondary N) is 1. The Kier molecular flexibility index (Phi) is 7.35. The summed E-state index contributed by atoms with van der Waals surface area (Å²) >= 11 is 0. The minimum absolute atomic E-state index is 0.0000461. The molecule has 8 nitrogen and oxygen atoms in total. The predicted molar refractivity (Wildman–Crippen MR) is 147 cm³/mol. The molecule has 1 amide bonds. The topological polar surface area (TPSA) is 132 Å². The van der Waals surface area contributed by atoms with E-state index in [1.54, 1.807) is 17.0 Å². The first-order chi connectivity index (χ1) is 18.7. The summed E-state index contributed by atoms with van der Waals surface area (Å²) < 4.78 is 6.00. The number of nitrogens with zero attached hydrogens (tertiary/aromatic N) is 1. The summed E-state index contributed by atoms with van der Waals surface area (Å²) in [7, 11) is 0. The van der Waals surface area contributed by atoms with Crippen molar-refractivity contribution in [3.8, 4) is 5.75 Å². The van der Waals surface area contributed by atoms with E-state index in [2.05, 4.69) is 5.32 Å². The van der Waals surface area contributed by atoms with Gasteiger partial charge in [0.25, 0.3) is 0 Å². The average Bonchev–Trinajstić information content (AvgIpc) is 3.68. The van der Waals surface area contributed by atoms with E-state index in [-0.39, 0.29) is 42.6 Å². The molecule has 0 bridgehead atoms. The number of likely N-dealkylation sites (tertiary alicyclic amines) is 1. The Morgan fingerprint density at radius 1 is 1.10 bits per heavy atom. The highest BCUT2D eigenvalue weighted by molar-refractivity contribution is 5.94. The number of ether oxygens (including phenoxy) is 1. The van der Waals surface area contributed by atoms with Crippen molar-refractivity contribution >= 4 is 17.7 Å². The largest absolute Gasteiger partial charge is 0.508 e. The second kappa shape index (κ2) is 10.6. The van der Waals surface area contributed by atoms with Crippen LogP contribution in [-0.4, -0.2) is 66.0 Å². The summed E-state index contributed by atoms with van der Waals surface area (Å²) in [6, 6.07) is 12.7. The first-order valence-electron chi connectivity index (χ1n) is 13.7. The van der Waals surface area contributed by atoms with Crippen LogP contribution in [0.15, 0.2) is 54.6 Å². The molecular formula is C31H37N3O5. The minimum atomic E-state index is -0.899. The SMILES string of the molecule is Cc1ccc(C2(C(=O)OCC3(C(=O)C4NC4Cc4ccccc4O)CCN(C(=O)CN)CC3)C=CC2)cc1C.